The molecular formula is C16H18N2O. The number of hydrogen-bond donors (Lipinski definition) is 0. The summed E-state index contributed by atoms with van der Waals surface area (Å²) in [6.45, 7) is 6.83. The first-order chi connectivity index (χ1) is 9.17. The maximum Gasteiger partial charge on any atom is 0.113 e. The van der Waals surface area contributed by atoms with Crippen LogP contribution in [0.2, 0.25) is 0 Å². The number of nitroso groups, excluding NO2 is 1. The molecule has 0 aromatic heterocycles. The topological polar surface area (TPSA) is 32.7 Å². The van der Waals surface area contributed by atoms with Gasteiger partial charge in [0.1, 0.15) is 5.69 Å². The van der Waals surface area contributed by atoms with Gasteiger partial charge in [-0.3, -0.25) is 0 Å². The van der Waals surface area contributed by atoms with Crippen LogP contribution in [0.5, 0.6) is 0 Å². The van der Waals surface area contributed by atoms with E-state index in [2.05, 4.69) is 29.1 Å². The van der Waals surface area contributed by atoms with Gasteiger partial charge in [-0.1, -0.05) is 18.2 Å². The van der Waals surface area contributed by atoms with Crippen LogP contribution in [-0.4, -0.2) is 6.54 Å². The Morgan fingerprint density at radius 2 is 1.58 bits per heavy atom. The zero-order chi connectivity index (χ0) is 13.8. The van der Waals surface area contributed by atoms with Gasteiger partial charge in [0, 0.05) is 17.9 Å². The van der Waals surface area contributed by atoms with E-state index in [1.54, 1.807) is 0 Å². The molecule has 0 spiro atoms. The van der Waals surface area contributed by atoms with E-state index in [1.807, 2.05) is 44.2 Å². The van der Waals surface area contributed by atoms with Crippen LogP contribution in [0.25, 0.3) is 0 Å². The monoisotopic (exact) mass is 254 g/mol. The number of para-hydroxylation sites is 1. The Labute approximate surface area is 113 Å². The van der Waals surface area contributed by atoms with Crippen LogP contribution in [-0.2, 0) is 0 Å². The molecule has 0 aliphatic carbocycles. The van der Waals surface area contributed by atoms with E-state index in [0.29, 0.717) is 5.69 Å². The van der Waals surface area contributed by atoms with Gasteiger partial charge < -0.3 is 4.90 Å². The second-order valence-electron chi connectivity index (χ2n) is 4.60. The predicted molar refractivity (Wildman–Crippen MR) is 80.5 cm³/mol. The summed E-state index contributed by atoms with van der Waals surface area (Å²) in [6.07, 6.45) is 0. The third-order valence-electron chi connectivity index (χ3n) is 3.26. The molecular weight excluding hydrogens is 236 g/mol. The van der Waals surface area contributed by atoms with Crippen LogP contribution in [0.15, 0.2) is 47.6 Å². The van der Waals surface area contributed by atoms with Crippen molar-refractivity contribution in [3.05, 3.63) is 58.5 Å². The molecule has 0 aliphatic heterocycles. The van der Waals surface area contributed by atoms with E-state index in [-0.39, 0.29) is 0 Å². The van der Waals surface area contributed by atoms with Crippen LogP contribution in [0, 0.1) is 18.8 Å². The van der Waals surface area contributed by atoms with E-state index in [4.69, 9.17) is 0 Å². The average Bonchev–Trinajstić information content (AvgIpc) is 2.40. The van der Waals surface area contributed by atoms with Crippen molar-refractivity contribution >= 4 is 17.1 Å². The molecule has 0 heterocycles. The number of anilines is 2. The summed E-state index contributed by atoms with van der Waals surface area (Å²) in [5.41, 5.74) is 4.62. The fourth-order valence-electron chi connectivity index (χ4n) is 2.36. The Morgan fingerprint density at radius 1 is 1.00 bits per heavy atom. The third kappa shape index (κ3) is 2.65. The molecule has 2 aromatic carbocycles. The molecule has 2 rings (SSSR count). The molecule has 0 aliphatic rings. The summed E-state index contributed by atoms with van der Waals surface area (Å²) in [4.78, 5) is 13.0. The minimum absolute atomic E-state index is 0.549. The summed E-state index contributed by atoms with van der Waals surface area (Å²) < 4.78 is 0. The van der Waals surface area contributed by atoms with E-state index in [9.17, 15) is 4.91 Å². The summed E-state index contributed by atoms with van der Waals surface area (Å²) in [7, 11) is 0. The lowest BCUT2D eigenvalue weighted by Gasteiger charge is -2.24. The Kier molecular flexibility index (Phi) is 3.95. The molecule has 98 valence electrons. The zero-order valence-electron chi connectivity index (χ0n) is 11.6. The molecule has 0 saturated carbocycles. The van der Waals surface area contributed by atoms with Gasteiger partial charge in [-0.05, 0) is 61.3 Å². The molecule has 0 fully saturated rings. The van der Waals surface area contributed by atoms with Gasteiger partial charge in [0.25, 0.3) is 0 Å². The number of nitrogens with zero attached hydrogens (tertiary/aromatic N) is 2. The number of rotatable bonds is 4. The van der Waals surface area contributed by atoms with Gasteiger partial charge in [0.2, 0.25) is 0 Å². The quantitative estimate of drug-likeness (QED) is 0.730. The minimum Gasteiger partial charge on any atom is -0.342 e. The summed E-state index contributed by atoms with van der Waals surface area (Å²) in [5.74, 6) is 0. The predicted octanol–water partition coefficient (Wildman–Crippen LogP) is 4.86. The van der Waals surface area contributed by atoms with Crippen molar-refractivity contribution in [1.29, 1.82) is 0 Å². The molecule has 0 N–H and O–H groups in total. The van der Waals surface area contributed by atoms with Crippen LogP contribution in [0.1, 0.15) is 18.1 Å². The van der Waals surface area contributed by atoms with Crippen molar-refractivity contribution in [3.63, 3.8) is 0 Å². The van der Waals surface area contributed by atoms with E-state index < -0.39 is 0 Å². The molecule has 0 radical (unpaired) electrons. The minimum atomic E-state index is 0.549. The molecule has 3 heteroatoms. The van der Waals surface area contributed by atoms with Gasteiger partial charge in [0.05, 0.1) is 0 Å². The summed E-state index contributed by atoms with van der Waals surface area (Å²) in [5, 5.41) is 3.10. The Bertz CT molecular complexity index is 556. The first-order valence-electron chi connectivity index (χ1n) is 6.44. The molecule has 0 amide bonds. The van der Waals surface area contributed by atoms with Gasteiger partial charge in [-0.25, -0.2) is 0 Å². The smallest absolute Gasteiger partial charge is 0.113 e. The second kappa shape index (κ2) is 5.65. The highest BCUT2D eigenvalue weighted by Crippen LogP contribution is 2.32. The van der Waals surface area contributed by atoms with Crippen LogP contribution in [0.3, 0.4) is 0 Å². The first kappa shape index (κ1) is 13.3. The molecule has 0 bridgehead atoms. The molecule has 0 atom stereocenters. The Hall–Kier alpha value is -2.16. The normalized spacial score (nSPS) is 10.3. The molecule has 3 nitrogen and oxygen atoms in total. The second-order valence-corrected chi connectivity index (χ2v) is 4.60. The highest BCUT2D eigenvalue weighted by molar-refractivity contribution is 5.68. The van der Waals surface area contributed by atoms with Crippen molar-refractivity contribution in [2.45, 2.75) is 20.8 Å². The van der Waals surface area contributed by atoms with Gasteiger partial charge in [-0.2, -0.15) is 0 Å². The highest BCUT2D eigenvalue weighted by Gasteiger charge is 2.11. The largest absolute Gasteiger partial charge is 0.342 e. The number of aryl methyl sites for hydroxylation is 2. The van der Waals surface area contributed by atoms with E-state index in [1.165, 1.54) is 0 Å². The van der Waals surface area contributed by atoms with E-state index in [0.717, 1.165) is 29.0 Å². The van der Waals surface area contributed by atoms with Crippen molar-refractivity contribution in [2.75, 3.05) is 11.4 Å². The van der Waals surface area contributed by atoms with Crippen molar-refractivity contribution in [3.8, 4) is 0 Å². The average molecular weight is 254 g/mol. The number of hydrogen-bond acceptors (Lipinski definition) is 3. The Balaban J connectivity index is 2.48. The number of benzene rings is 2. The van der Waals surface area contributed by atoms with Crippen LogP contribution < -0.4 is 4.90 Å². The maximum absolute atomic E-state index is 10.8. The maximum atomic E-state index is 10.8. The zero-order valence-corrected chi connectivity index (χ0v) is 11.6. The van der Waals surface area contributed by atoms with Gasteiger partial charge in [0.15, 0.2) is 0 Å². The third-order valence-corrected chi connectivity index (χ3v) is 3.26. The SMILES string of the molecule is CCN(c1ccccc1)c1cc(C)c(N=O)c(C)c1. The first-order valence-corrected chi connectivity index (χ1v) is 6.44. The molecule has 0 unspecified atom stereocenters. The lowest BCUT2D eigenvalue weighted by Crippen LogP contribution is -2.16. The van der Waals surface area contributed by atoms with Gasteiger partial charge in [-0.15, -0.1) is 4.91 Å². The lowest BCUT2D eigenvalue weighted by atomic mass is 10.1. The van der Waals surface area contributed by atoms with Crippen LogP contribution in [0.4, 0.5) is 17.1 Å². The summed E-state index contributed by atoms with van der Waals surface area (Å²) >= 11 is 0. The molecule has 19 heavy (non-hydrogen) atoms. The Morgan fingerprint density at radius 3 is 2.05 bits per heavy atom. The standard InChI is InChI=1S/C16H18N2O/c1-4-18(14-8-6-5-7-9-14)15-10-12(2)16(17-19)13(3)11-15/h5-11H,4H2,1-3H3. The van der Waals surface area contributed by atoms with E-state index >= 15 is 0 Å². The molecule has 0 saturated heterocycles. The van der Waals surface area contributed by atoms with Crippen molar-refractivity contribution in [2.24, 2.45) is 5.18 Å². The lowest BCUT2D eigenvalue weighted by molar-refractivity contribution is 1.02. The molecule has 2 aromatic rings. The summed E-state index contributed by atoms with van der Waals surface area (Å²) in [6, 6.07) is 14.3. The van der Waals surface area contributed by atoms with Gasteiger partial charge >= 0.3 is 0 Å². The van der Waals surface area contributed by atoms with Crippen LogP contribution >= 0.6 is 0 Å². The fourth-order valence-corrected chi connectivity index (χ4v) is 2.36. The fraction of sp³-hybridized carbons (Fsp3) is 0.250. The van der Waals surface area contributed by atoms with Crippen molar-refractivity contribution in [1.82, 2.24) is 0 Å². The van der Waals surface area contributed by atoms with Crippen molar-refractivity contribution < 1.29 is 0 Å². The highest BCUT2D eigenvalue weighted by atomic mass is 16.3.